The summed E-state index contributed by atoms with van der Waals surface area (Å²) in [5, 5.41) is 15.2. The Bertz CT molecular complexity index is 1100. The Morgan fingerprint density at radius 2 is 1.81 bits per heavy atom. The van der Waals surface area contributed by atoms with Crippen LogP contribution >= 0.6 is 35.0 Å². The van der Waals surface area contributed by atoms with Crippen molar-refractivity contribution in [2.75, 3.05) is 5.75 Å². The van der Waals surface area contributed by atoms with E-state index >= 15 is 0 Å². The molecular formula is C22H21Cl2N5O2S. The molecule has 3 rings (SSSR count). The lowest BCUT2D eigenvalue weighted by molar-refractivity contribution is -0.118. The van der Waals surface area contributed by atoms with Crippen molar-refractivity contribution < 1.29 is 9.59 Å². The molecule has 0 spiro atoms. The van der Waals surface area contributed by atoms with Crippen molar-refractivity contribution >= 4 is 46.8 Å². The first kappa shape index (κ1) is 23.8. The summed E-state index contributed by atoms with van der Waals surface area (Å²) < 4.78 is 1.80. The van der Waals surface area contributed by atoms with Crippen LogP contribution in [0.2, 0.25) is 10.0 Å². The van der Waals surface area contributed by atoms with E-state index in [1.165, 1.54) is 17.8 Å². The van der Waals surface area contributed by atoms with Crippen LogP contribution in [0.5, 0.6) is 0 Å². The third-order valence-electron chi connectivity index (χ3n) is 4.36. The van der Waals surface area contributed by atoms with Gasteiger partial charge in [0.2, 0.25) is 5.91 Å². The second-order valence-corrected chi connectivity index (χ2v) is 8.42. The van der Waals surface area contributed by atoms with Gasteiger partial charge < -0.3 is 15.2 Å². The lowest BCUT2D eigenvalue weighted by Crippen LogP contribution is -2.25. The van der Waals surface area contributed by atoms with Gasteiger partial charge in [0.25, 0.3) is 5.91 Å². The quantitative estimate of drug-likeness (QED) is 0.330. The zero-order chi connectivity index (χ0) is 22.9. The molecule has 0 aliphatic rings. The van der Waals surface area contributed by atoms with E-state index in [4.69, 9.17) is 23.2 Å². The predicted molar refractivity (Wildman–Crippen MR) is 127 cm³/mol. The van der Waals surface area contributed by atoms with Gasteiger partial charge in [-0.15, -0.1) is 16.8 Å². The molecule has 0 saturated carbocycles. The first-order valence-electron chi connectivity index (χ1n) is 9.67. The zero-order valence-corrected chi connectivity index (χ0v) is 19.4. The van der Waals surface area contributed by atoms with Crippen molar-refractivity contribution in [3.63, 3.8) is 0 Å². The molecule has 0 bridgehead atoms. The fourth-order valence-corrected chi connectivity index (χ4v) is 3.84. The van der Waals surface area contributed by atoms with E-state index < -0.39 is 0 Å². The molecule has 0 unspecified atom stereocenters. The van der Waals surface area contributed by atoms with Gasteiger partial charge in [0.1, 0.15) is 0 Å². The number of benzene rings is 2. The summed E-state index contributed by atoms with van der Waals surface area (Å²) in [4.78, 5) is 24.6. The van der Waals surface area contributed by atoms with Gasteiger partial charge in [-0.1, -0.05) is 71.4 Å². The largest absolute Gasteiger partial charge is 0.351 e. The molecule has 10 heteroatoms. The molecule has 2 amide bonds. The fraction of sp³-hybridized carbons (Fsp3) is 0.182. The minimum absolute atomic E-state index is 0.110. The number of rotatable bonds is 10. The molecule has 3 aromatic rings. The van der Waals surface area contributed by atoms with Crippen LogP contribution < -0.4 is 10.6 Å². The van der Waals surface area contributed by atoms with Gasteiger partial charge in [0.15, 0.2) is 11.0 Å². The van der Waals surface area contributed by atoms with Crippen LogP contribution in [0.4, 0.5) is 0 Å². The van der Waals surface area contributed by atoms with Crippen LogP contribution in [-0.4, -0.2) is 32.3 Å². The SMILES string of the molecule is C=CCn1c(CNC(=O)c2ccc(Cl)c(Cl)c2)nnc1SCC(=O)NCc1ccccc1. The number of nitrogens with one attached hydrogen (secondary N) is 2. The Labute approximate surface area is 200 Å². The molecule has 0 radical (unpaired) electrons. The maximum absolute atomic E-state index is 12.4. The molecule has 2 N–H and O–H groups in total. The summed E-state index contributed by atoms with van der Waals surface area (Å²) in [7, 11) is 0. The Morgan fingerprint density at radius 1 is 1.03 bits per heavy atom. The van der Waals surface area contributed by atoms with Crippen molar-refractivity contribution in [2.24, 2.45) is 0 Å². The molecule has 0 aliphatic carbocycles. The molecule has 0 saturated heterocycles. The summed E-state index contributed by atoms with van der Waals surface area (Å²) in [5.41, 5.74) is 1.42. The third-order valence-corrected chi connectivity index (χ3v) is 6.06. The molecular weight excluding hydrogens is 469 g/mol. The Balaban J connectivity index is 1.57. The number of hydrogen-bond donors (Lipinski definition) is 2. The number of amides is 2. The van der Waals surface area contributed by atoms with Crippen LogP contribution in [0.1, 0.15) is 21.7 Å². The van der Waals surface area contributed by atoms with Gasteiger partial charge in [-0.2, -0.15) is 0 Å². The smallest absolute Gasteiger partial charge is 0.251 e. The van der Waals surface area contributed by atoms with Crippen LogP contribution in [0.15, 0.2) is 66.3 Å². The van der Waals surface area contributed by atoms with Gasteiger partial charge in [-0.3, -0.25) is 9.59 Å². The topological polar surface area (TPSA) is 88.9 Å². The highest BCUT2D eigenvalue weighted by molar-refractivity contribution is 7.99. The number of nitrogens with zero attached hydrogens (tertiary/aromatic N) is 3. The molecule has 2 aromatic carbocycles. The standard InChI is InChI=1S/C22H21Cl2N5O2S/c1-2-10-29-19(13-26-21(31)16-8-9-17(23)18(24)11-16)27-28-22(29)32-14-20(30)25-12-15-6-4-3-5-7-15/h2-9,11H,1,10,12-14H2,(H,25,30)(H,26,31). The number of carbonyl (C=O) groups is 2. The number of thioether (sulfide) groups is 1. The highest BCUT2D eigenvalue weighted by atomic mass is 35.5. The first-order chi connectivity index (χ1) is 15.5. The van der Waals surface area contributed by atoms with Crippen LogP contribution in [-0.2, 0) is 24.4 Å². The predicted octanol–water partition coefficient (Wildman–Crippen LogP) is 4.11. The average molecular weight is 490 g/mol. The zero-order valence-electron chi connectivity index (χ0n) is 17.1. The summed E-state index contributed by atoms with van der Waals surface area (Å²) >= 11 is 13.1. The minimum Gasteiger partial charge on any atom is -0.351 e. The summed E-state index contributed by atoms with van der Waals surface area (Å²) in [6.45, 7) is 4.82. The van der Waals surface area contributed by atoms with Crippen molar-refractivity contribution in [3.05, 3.63) is 88.2 Å². The number of halogens is 2. The second kappa shape index (κ2) is 11.7. The van der Waals surface area contributed by atoms with E-state index in [-0.39, 0.29) is 24.1 Å². The van der Waals surface area contributed by atoms with Gasteiger partial charge in [-0.05, 0) is 23.8 Å². The van der Waals surface area contributed by atoms with E-state index in [0.717, 1.165) is 5.56 Å². The van der Waals surface area contributed by atoms with Crippen molar-refractivity contribution in [3.8, 4) is 0 Å². The van der Waals surface area contributed by atoms with Crippen molar-refractivity contribution in [1.82, 2.24) is 25.4 Å². The number of hydrogen-bond acceptors (Lipinski definition) is 5. The third kappa shape index (κ3) is 6.59. The Hall–Kier alpha value is -2.81. The highest BCUT2D eigenvalue weighted by Gasteiger charge is 2.15. The molecule has 1 heterocycles. The molecule has 0 atom stereocenters. The fourth-order valence-electron chi connectivity index (χ4n) is 2.75. The van der Waals surface area contributed by atoms with E-state index in [9.17, 15) is 9.59 Å². The van der Waals surface area contributed by atoms with Crippen molar-refractivity contribution in [1.29, 1.82) is 0 Å². The maximum Gasteiger partial charge on any atom is 0.251 e. The summed E-state index contributed by atoms with van der Waals surface area (Å²) in [5.74, 6) is 0.316. The summed E-state index contributed by atoms with van der Waals surface area (Å²) in [6, 6.07) is 14.3. The molecule has 0 fully saturated rings. The second-order valence-electron chi connectivity index (χ2n) is 6.66. The van der Waals surface area contributed by atoms with Crippen LogP contribution in [0, 0.1) is 0 Å². The Morgan fingerprint density at radius 3 is 2.53 bits per heavy atom. The Kier molecular flexibility index (Phi) is 8.72. The van der Waals surface area contributed by atoms with Gasteiger partial charge in [0, 0.05) is 18.7 Å². The van der Waals surface area contributed by atoms with Gasteiger partial charge in [-0.25, -0.2) is 0 Å². The minimum atomic E-state index is -0.314. The number of aromatic nitrogens is 3. The molecule has 32 heavy (non-hydrogen) atoms. The molecule has 1 aromatic heterocycles. The van der Waals surface area contributed by atoms with E-state index in [1.807, 2.05) is 30.3 Å². The lowest BCUT2D eigenvalue weighted by Gasteiger charge is -2.09. The number of allylic oxidation sites excluding steroid dienone is 1. The number of carbonyl (C=O) groups excluding carboxylic acids is 2. The van der Waals surface area contributed by atoms with Gasteiger partial charge in [0.05, 0.1) is 22.3 Å². The molecule has 0 aliphatic heterocycles. The average Bonchev–Trinajstić information content (AvgIpc) is 3.19. The maximum atomic E-state index is 12.4. The van der Waals surface area contributed by atoms with Crippen LogP contribution in [0.25, 0.3) is 0 Å². The first-order valence-corrected chi connectivity index (χ1v) is 11.4. The van der Waals surface area contributed by atoms with E-state index in [0.29, 0.717) is 39.7 Å². The van der Waals surface area contributed by atoms with Crippen molar-refractivity contribution in [2.45, 2.75) is 24.8 Å². The molecule has 166 valence electrons. The van der Waals surface area contributed by atoms with E-state index in [2.05, 4.69) is 27.4 Å². The monoisotopic (exact) mass is 489 g/mol. The highest BCUT2D eigenvalue weighted by Crippen LogP contribution is 2.22. The molecule has 7 nitrogen and oxygen atoms in total. The van der Waals surface area contributed by atoms with Gasteiger partial charge >= 0.3 is 0 Å². The van der Waals surface area contributed by atoms with Crippen LogP contribution in [0.3, 0.4) is 0 Å². The van der Waals surface area contributed by atoms with E-state index in [1.54, 1.807) is 22.8 Å². The normalized spacial score (nSPS) is 10.6. The lowest BCUT2D eigenvalue weighted by atomic mass is 10.2. The summed E-state index contributed by atoms with van der Waals surface area (Å²) in [6.07, 6.45) is 1.70.